The second-order valence-corrected chi connectivity index (χ2v) is 5.15. The maximum absolute atomic E-state index is 12.2. The lowest BCUT2D eigenvalue weighted by atomic mass is 10.2. The van der Waals surface area contributed by atoms with Crippen molar-refractivity contribution < 1.29 is 9.53 Å². The van der Waals surface area contributed by atoms with Gasteiger partial charge < -0.3 is 10.1 Å². The van der Waals surface area contributed by atoms with E-state index in [-0.39, 0.29) is 23.3 Å². The van der Waals surface area contributed by atoms with Crippen LogP contribution in [-0.2, 0) is 4.74 Å². The highest BCUT2D eigenvalue weighted by Crippen LogP contribution is 2.10. The summed E-state index contributed by atoms with van der Waals surface area (Å²) in [6.07, 6.45) is 2.05. The average molecular weight is 299 g/mol. The molecule has 0 bridgehead atoms. The van der Waals surface area contributed by atoms with E-state index in [2.05, 4.69) is 10.4 Å². The molecule has 0 saturated carbocycles. The van der Waals surface area contributed by atoms with Gasteiger partial charge in [0.1, 0.15) is 5.69 Å². The van der Waals surface area contributed by atoms with Gasteiger partial charge >= 0.3 is 0 Å². The summed E-state index contributed by atoms with van der Waals surface area (Å²) in [6, 6.07) is 11.8. The van der Waals surface area contributed by atoms with Crippen LogP contribution in [0.4, 0.5) is 0 Å². The molecule has 0 radical (unpaired) electrons. The Kier molecular flexibility index (Phi) is 4.29. The largest absolute Gasteiger partial charge is 0.376 e. The highest BCUT2D eigenvalue weighted by molar-refractivity contribution is 5.92. The molecule has 1 unspecified atom stereocenters. The van der Waals surface area contributed by atoms with Gasteiger partial charge in [-0.3, -0.25) is 9.59 Å². The van der Waals surface area contributed by atoms with Crippen LogP contribution in [0.1, 0.15) is 23.3 Å². The third-order valence-corrected chi connectivity index (χ3v) is 3.55. The predicted molar refractivity (Wildman–Crippen MR) is 81.1 cm³/mol. The van der Waals surface area contributed by atoms with Crippen LogP contribution in [0.5, 0.6) is 0 Å². The first-order chi connectivity index (χ1) is 10.7. The lowest BCUT2D eigenvalue weighted by Gasteiger charge is -2.11. The molecule has 1 N–H and O–H groups in total. The van der Waals surface area contributed by atoms with Crippen molar-refractivity contribution in [2.24, 2.45) is 0 Å². The van der Waals surface area contributed by atoms with E-state index < -0.39 is 0 Å². The van der Waals surface area contributed by atoms with E-state index >= 15 is 0 Å². The highest BCUT2D eigenvalue weighted by atomic mass is 16.5. The molecule has 114 valence electrons. The minimum Gasteiger partial charge on any atom is -0.376 e. The number of hydrogen-bond donors (Lipinski definition) is 1. The van der Waals surface area contributed by atoms with E-state index in [0.29, 0.717) is 12.2 Å². The molecule has 2 aromatic rings. The minimum absolute atomic E-state index is 0.0731. The van der Waals surface area contributed by atoms with E-state index in [4.69, 9.17) is 4.74 Å². The van der Waals surface area contributed by atoms with Crippen LogP contribution in [0.25, 0.3) is 5.69 Å². The first-order valence-corrected chi connectivity index (χ1v) is 7.29. The van der Waals surface area contributed by atoms with Crippen LogP contribution in [0.15, 0.2) is 47.3 Å². The number of para-hydroxylation sites is 1. The summed E-state index contributed by atoms with van der Waals surface area (Å²) in [7, 11) is 0. The van der Waals surface area contributed by atoms with E-state index in [1.54, 1.807) is 12.1 Å². The molecular formula is C16H17N3O3. The van der Waals surface area contributed by atoms with Gasteiger partial charge in [0, 0.05) is 19.2 Å². The van der Waals surface area contributed by atoms with E-state index in [1.807, 2.05) is 18.2 Å². The van der Waals surface area contributed by atoms with Gasteiger partial charge in [-0.1, -0.05) is 18.2 Å². The predicted octanol–water partition coefficient (Wildman–Crippen LogP) is 1.14. The first-order valence-electron chi connectivity index (χ1n) is 7.29. The molecular weight excluding hydrogens is 282 g/mol. The monoisotopic (exact) mass is 299 g/mol. The number of rotatable bonds is 4. The Morgan fingerprint density at radius 1 is 1.27 bits per heavy atom. The molecule has 1 aromatic carbocycles. The van der Waals surface area contributed by atoms with Crippen molar-refractivity contribution in [2.45, 2.75) is 18.9 Å². The SMILES string of the molecule is O=C(NCC1CCCO1)c1ccc(=O)n(-c2ccccc2)n1. The molecule has 1 aliphatic heterocycles. The smallest absolute Gasteiger partial charge is 0.271 e. The molecule has 6 nitrogen and oxygen atoms in total. The van der Waals surface area contributed by atoms with Crippen molar-refractivity contribution in [2.75, 3.05) is 13.2 Å². The van der Waals surface area contributed by atoms with Gasteiger partial charge in [0.2, 0.25) is 0 Å². The molecule has 1 aliphatic rings. The topological polar surface area (TPSA) is 73.2 Å². The second-order valence-electron chi connectivity index (χ2n) is 5.15. The van der Waals surface area contributed by atoms with Gasteiger partial charge in [0.05, 0.1) is 11.8 Å². The molecule has 1 amide bonds. The van der Waals surface area contributed by atoms with Crippen molar-refractivity contribution in [1.82, 2.24) is 15.1 Å². The summed E-state index contributed by atoms with van der Waals surface area (Å²) in [5.74, 6) is -0.305. The van der Waals surface area contributed by atoms with E-state index in [9.17, 15) is 9.59 Å². The number of ether oxygens (including phenoxy) is 1. The van der Waals surface area contributed by atoms with Gasteiger partial charge in [0.25, 0.3) is 11.5 Å². The van der Waals surface area contributed by atoms with Crippen LogP contribution in [0.3, 0.4) is 0 Å². The Labute approximate surface area is 127 Å². The lowest BCUT2D eigenvalue weighted by Crippen LogP contribution is -2.34. The fourth-order valence-corrected chi connectivity index (χ4v) is 2.39. The first kappa shape index (κ1) is 14.5. The third kappa shape index (κ3) is 3.23. The van der Waals surface area contributed by atoms with Crippen LogP contribution in [0, 0.1) is 0 Å². The van der Waals surface area contributed by atoms with Crippen molar-refractivity contribution in [3.63, 3.8) is 0 Å². The highest BCUT2D eigenvalue weighted by Gasteiger charge is 2.17. The number of carbonyl (C=O) groups is 1. The van der Waals surface area contributed by atoms with Gasteiger partial charge in [-0.05, 0) is 31.0 Å². The molecule has 0 aliphatic carbocycles. The Bertz CT molecular complexity index is 706. The summed E-state index contributed by atoms with van der Waals surface area (Å²) < 4.78 is 6.68. The molecule has 1 aromatic heterocycles. The number of benzene rings is 1. The molecule has 1 saturated heterocycles. The zero-order valence-corrected chi connectivity index (χ0v) is 12.1. The van der Waals surface area contributed by atoms with Crippen LogP contribution in [-0.4, -0.2) is 34.9 Å². The summed E-state index contributed by atoms with van der Waals surface area (Å²) in [6.45, 7) is 1.21. The zero-order chi connectivity index (χ0) is 15.4. The second kappa shape index (κ2) is 6.53. The Hall–Kier alpha value is -2.47. The third-order valence-electron chi connectivity index (χ3n) is 3.55. The fourth-order valence-electron chi connectivity index (χ4n) is 2.39. The van der Waals surface area contributed by atoms with Crippen molar-refractivity contribution in [1.29, 1.82) is 0 Å². The summed E-state index contributed by atoms with van der Waals surface area (Å²) in [5.41, 5.74) is 0.560. The quantitative estimate of drug-likeness (QED) is 0.919. The number of nitrogens with one attached hydrogen (secondary N) is 1. The van der Waals surface area contributed by atoms with Crippen LogP contribution in [0.2, 0.25) is 0 Å². The molecule has 0 spiro atoms. The van der Waals surface area contributed by atoms with Crippen molar-refractivity contribution in [3.05, 3.63) is 58.5 Å². The number of carbonyl (C=O) groups excluding carboxylic acids is 1. The lowest BCUT2D eigenvalue weighted by molar-refractivity contribution is 0.0852. The standard InChI is InChI=1S/C16H17N3O3/c20-15-9-8-14(16(21)17-11-13-7-4-10-22-13)18-19(15)12-5-2-1-3-6-12/h1-3,5-6,8-9,13H,4,7,10-11H2,(H,17,21). The van der Waals surface area contributed by atoms with Crippen molar-refractivity contribution >= 4 is 5.91 Å². The minimum atomic E-state index is -0.305. The number of aromatic nitrogens is 2. The number of nitrogens with zero attached hydrogens (tertiary/aromatic N) is 2. The maximum atomic E-state index is 12.2. The number of amides is 1. The molecule has 2 heterocycles. The maximum Gasteiger partial charge on any atom is 0.271 e. The normalized spacial score (nSPS) is 17.4. The summed E-state index contributed by atoms with van der Waals surface area (Å²) in [4.78, 5) is 24.1. The Morgan fingerprint density at radius 3 is 2.82 bits per heavy atom. The Balaban J connectivity index is 1.76. The molecule has 22 heavy (non-hydrogen) atoms. The van der Waals surface area contributed by atoms with Crippen LogP contribution < -0.4 is 10.9 Å². The molecule has 1 atom stereocenters. The molecule has 6 heteroatoms. The van der Waals surface area contributed by atoms with Gasteiger partial charge in [-0.15, -0.1) is 0 Å². The van der Waals surface area contributed by atoms with E-state index in [1.165, 1.54) is 16.8 Å². The average Bonchev–Trinajstić information content (AvgIpc) is 3.07. The zero-order valence-electron chi connectivity index (χ0n) is 12.1. The Morgan fingerprint density at radius 2 is 2.09 bits per heavy atom. The molecule has 3 rings (SSSR count). The summed E-state index contributed by atoms with van der Waals surface area (Å²) >= 11 is 0. The summed E-state index contributed by atoms with van der Waals surface area (Å²) in [5, 5.41) is 6.94. The van der Waals surface area contributed by atoms with Gasteiger partial charge in [-0.25, -0.2) is 0 Å². The van der Waals surface area contributed by atoms with Gasteiger partial charge in [-0.2, -0.15) is 9.78 Å². The van der Waals surface area contributed by atoms with E-state index in [0.717, 1.165) is 19.4 Å². The van der Waals surface area contributed by atoms with Crippen molar-refractivity contribution in [3.8, 4) is 5.69 Å². The van der Waals surface area contributed by atoms with Crippen LogP contribution >= 0.6 is 0 Å². The number of hydrogen-bond acceptors (Lipinski definition) is 4. The molecule has 1 fully saturated rings. The van der Waals surface area contributed by atoms with Gasteiger partial charge in [0.15, 0.2) is 0 Å². The fraction of sp³-hybridized carbons (Fsp3) is 0.312.